The van der Waals surface area contributed by atoms with E-state index in [4.69, 9.17) is 21.1 Å². The molecule has 0 bridgehead atoms. The normalized spacial score (nSPS) is 12.2. The zero-order chi connectivity index (χ0) is 20.0. The van der Waals surface area contributed by atoms with Crippen molar-refractivity contribution in [1.29, 1.82) is 0 Å². The third kappa shape index (κ3) is 7.91. The molecule has 0 fully saturated rings. The first-order valence-electron chi connectivity index (χ1n) is 11.2. The highest BCUT2D eigenvalue weighted by molar-refractivity contribution is 6.20. The molecule has 2 aromatic carbocycles. The van der Waals surface area contributed by atoms with Crippen molar-refractivity contribution in [2.45, 2.75) is 83.4 Å². The fourth-order valence-corrected chi connectivity index (χ4v) is 3.57. The maximum Gasteiger partial charge on any atom is 0.127 e. The second-order valence-corrected chi connectivity index (χ2v) is 8.19. The lowest BCUT2D eigenvalue weighted by Gasteiger charge is -2.14. The Morgan fingerprint density at radius 2 is 1.25 bits per heavy atom. The summed E-state index contributed by atoms with van der Waals surface area (Å²) >= 11 is 6.19. The van der Waals surface area contributed by atoms with E-state index in [1.807, 2.05) is 0 Å². The number of hydrogen-bond acceptors (Lipinski definition) is 2. The molecule has 1 unspecified atom stereocenters. The van der Waals surface area contributed by atoms with Crippen molar-refractivity contribution in [3.63, 3.8) is 0 Å². The van der Waals surface area contributed by atoms with Gasteiger partial charge in [-0.15, -0.1) is 11.6 Å². The SMILES string of the molecule is CCCCCCCCOc1ccc(OCCCCC(Cl)CC)c2ccccc12. The smallest absolute Gasteiger partial charge is 0.127 e. The molecule has 0 aliphatic heterocycles. The molecule has 1 atom stereocenters. The molecule has 2 nitrogen and oxygen atoms in total. The third-order valence-electron chi connectivity index (χ3n) is 5.21. The van der Waals surface area contributed by atoms with Crippen LogP contribution in [0.4, 0.5) is 0 Å². The van der Waals surface area contributed by atoms with Gasteiger partial charge in [0.15, 0.2) is 0 Å². The molecule has 0 spiro atoms. The Morgan fingerprint density at radius 1 is 0.714 bits per heavy atom. The van der Waals surface area contributed by atoms with Crippen molar-refractivity contribution in [2.75, 3.05) is 13.2 Å². The molecule has 0 N–H and O–H groups in total. The van der Waals surface area contributed by atoms with Gasteiger partial charge in [-0.3, -0.25) is 0 Å². The molecule has 0 aromatic heterocycles. The zero-order valence-electron chi connectivity index (χ0n) is 17.7. The lowest BCUT2D eigenvalue weighted by Crippen LogP contribution is -2.02. The van der Waals surface area contributed by atoms with Crippen molar-refractivity contribution in [2.24, 2.45) is 0 Å². The van der Waals surface area contributed by atoms with E-state index in [1.54, 1.807) is 0 Å². The Balaban J connectivity index is 1.84. The predicted octanol–water partition coefficient (Wildman–Crippen LogP) is 8.15. The molecule has 28 heavy (non-hydrogen) atoms. The fourth-order valence-electron chi connectivity index (χ4n) is 3.41. The summed E-state index contributed by atoms with van der Waals surface area (Å²) in [6.07, 6.45) is 11.9. The van der Waals surface area contributed by atoms with Gasteiger partial charge >= 0.3 is 0 Å². The van der Waals surface area contributed by atoms with Gasteiger partial charge in [-0.05, 0) is 44.2 Å². The monoisotopic (exact) mass is 404 g/mol. The maximum atomic E-state index is 6.19. The van der Waals surface area contributed by atoms with Gasteiger partial charge in [0.2, 0.25) is 0 Å². The Hall–Kier alpha value is -1.41. The van der Waals surface area contributed by atoms with Crippen LogP contribution in [0.1, 0.15) is 78.1 Å². The number of hydrogen-bond donors (Lipinski definition) is 0. The fraction of sp³-hybridized carbons (Fsp3) is 0.600. The number of halogens is 1. The molecule has 0 heterocycles. The van der Waals surface area contributed by atoms with Gasteiger partial charge in [0.25, 0.3) is 0 Å². The third-order valence-corrected chi connectivity index (χ3v) is 5.74. The molecule has 0 saturated carbocycles. The van der Waals surface area contributed by atoms with Crippen molar-refractivity contribution in [1.82, 2.24) is 0 Å². The van der Waals surface area contributed by atoms with Crippen LogP contribution in [-0.4, -0.2) is 18.6 Å². The van der Waals surface area contributed by atoms with Crippen molar-refractivity contribution in [3.05, 3.63) is 36.4 Å². The summed E-state index contributed by atoms with van der Waals surface area (Å²) in [5.74, 6) is 1.91. The quantitative estimate of drug-likeness (QED) is 0.220. The highest BCUT2D eigenvalue weighted by Crippen LogP contribution is 2.33. The number of benzene rings is 2. The molecular formula is C25H37ClO2. The van der Waals surface area contributed by atoms with Crippen molar-refractivity contribution >= 4 is 22.4 Å². The molecule has 0 saturated heterocycles. The summed E-state index contributed by atoms with van der Waals surface area (Å²) in [7, 11) is 0. The average Bonchev–Trinajstić information content (AvgIpc) is 2.73. The van der Waals surface area contributed by atoms with E-state index in [9.17, 15) is 0 Å². The minimum Gasteiger partial charge on any atom is -0.493 e. The number of fused-ring (bicyclic) bond motifs is 1. The summed E-state index contributed by atoms with van der Waals surface area (Å²) in [6, 6.07) is 12.5. The zero-order valence-corrected chi connectivity index (χ0v) is 18.5. The van der Waals surface area contributed by atoms with Gasteiger partial charge in [0.1, 0.15) is 11.5 Å². The number of unbranched alkanes of at least 4 members (excludes halogenated alkanes) is 6. The average molecular weight is 405 g/mol. The first-order valence-corrected chi connectivity index (χ1v) is 11.6. The van der Waals surface area contributed by atoms with Crippen LogP contribution in [-0.2, 0) is 0 Å². The molecule has 2 rings (SSSR count). The number of rotatable bonds is 15. The van der Waals surface area contributed by atoms with Gasteiger partial charge in [-0.1, -0.05) is 70.2 Å². The minimum absolute atomic E-state index is 0.295. The molecular weight excluding hydrogens is 368 g/mol. The lowest BCUT2D eigenvalue weighted by atomic mass is 10.1. The first-order chi connectivity index (χ1) is 13.8. The Morgan fingerprint density at radius 3 is 1.82 bits per heavy atom. The van der Waals surface area contributed by atoms with Gasteiger partial charge in [0, 0.05) is 16.1 Å². The van der Waals surface area contributed by atoms with Crippen LogP contribution >= 0.6 is 11.6 Å². The van der Waals surface area contributed by atoms with Gasteiger partial charge in [0.05, 0.1) is 13.2 Å². The molecule has 3 heteroatoms. The van der Waals surface area contributed by atoms with Crippen LogP contribution in [0.3, 0.4) is 0 Å². The topological polar surface area (TPSA) is 18.5 Å². The lowest BCUT2D eigenvalue weighted by molar-refractivity contribution is 0.301. The van der Waals surface area contributed by atoms with E-state index in [2.05, 4.69) is 50.2 Å². The molecule has 0 amide bonds. The molecule has 0 aliphatic carbocycles. The summed E-state index contributed by atoms with van der Waals surface area (Å²) in [5.41, 5.74) is 0. The van der Waals surface area contributed by atoms with E-state index in [0.29, 0.717) is 5.38 Å². The van der Waals surface area contributed by atoms with Crippen LogP contribution in [0.2, 0.25) is 0 Å². The van der Waals surface area contributed by atoms with Crippen LogP contribution < -0.4 is 9.47 Å². The summed E-state index contributed by atoms with van der Waals surface area (Å²) in [4.78, 5) is 0. The van der Waals surface area contributed by atoms with E-state index in [-0.39, 0.29) is 0 Å². The van der Waals surface area contributed by atoms with Crippen molar-refractivity contribution in [3.8, 4) is 11.5 Å². The summed E-state index contributed by atoms with van der Waals surface area (Å²) < 4.78 is 12.2. The standard InChI is InChI=1S/C25H37ClO2/c1-3-5-6-7-8-12-19-27-24-17-18-25(23-16-10-9-15-22(23)24)28-20-13-11-14-21(26)4-2/h9-10,15-18,21H,3-8,11-14,19-20H2,1-2H3. The minimum atomic E-state index is 0.295. The van der Waals surface area contributed by atoms with Crippen LogP contribution in [0.15, 0.2) is 36.4 Å². The predicted molar refractivity (Wildman–Crippen MR) is 122 cm³/mol. The maximum absolute atomic E-state index is 6.19. The highest BCUT2D eigenvalue weighted by Gasteiger charge is 2.08. The molecule has 0 aliphatic rings. The van der Waals surface area contributed by atoms with E-state index < -0.39 is 0 Å². The van der Waals surface area contributed by atoms with Crippen LogP contribution in [0.5, 0.6) is 11.5 Å². The van der Waals surface area contributed by atoms with Crippen LogP contribution in [0.25, 0.3) is 10.8 Å². The number of alkyl halides is 1. The van der Waals surface area contributed by atoms with Gasteiger partial charge in [-0.2, -0.15) is 0 Å². The van der Waals surface area contributed by atoms with Gasteiger partial charge < -0.3 is 9.47 Å². The van der Waals surface area contributed by atoms with Crippen molar-refractivity contribution < 1.29 is 9.47 Å². The number of ether oxygens (including phenoxy) is 2. The Bertz CT molecular complexity index is 671. The highest BCUT2D eigenvalue weighted by atomic mass is 35.5. The molecule has 2 aromatic rings. The van der Waals surface area contributed by atoms with Gasteiger partial charge in [-0.25, -0.2) is 0 Å². The second kappa shape index (κ2) is 13.7. The first kappa shape index (κ1) is 22.9. The van der Waals surface area contributed by atoms with E-state index in [0.717, 1.165) is 67.6 Å². The molecule has 156 valence electrons. The molecule has 0 radical (unpaired) electrons. The Kier molecular flexibility index (Phi) is 11.2. The van der Waals surface area contributed by atoms with E-state index in [1.165, 1.54) is 32.1 Å². The van der Waals surface area contributed by atoms with E-state index >= 15 is 0 Å². The van der Waals surface area contributed by atoms with Crippen LogP contribution in [0, 0.1) is 0 Å². The Labute approximate surface area is 176 Å². The summed E-state index contributed by atoms with van der Waals surface area (Å²) in [6.45, 7) is 5.90. The summed E-state index contributed by atoms with van der Waals surface area (Å²) in [5, 5.41) is 2.56. The largest absolute Gasteiger partial charge is 0.493 e. The second-order valence-electron chi connectivity index (χ2n) is 7.57.